The van der Waals surface area contributed by atoms with Crippen LogP contribution in [0.25, 0.3) is 0 Å². The Kier molecular flexibility index (Phi) is 4.57. The summed E-state index contributed by atoms with van der Waals surface area (Å²) < 4.78 is 32.2. The molecule has 5 heteroatoms. The van der Waals surface area contributed by atoms with Crippen LogP contribution >= 0.6 is 11.6 Å². The first kappa shape index (κ1) is 14.8. The maximum atomic E-state index is 13.6. The van der Waals surface area contributed by atoms with Gasteiger partial charge in [-0.05, 0) is 36.8 Å². The zero-order valence-electron chi connectivity index (χ0n) is 10.7. The molecule has 2 nitrogen and oxygen atoms in total. The van der Waals surface area contributed by atoms with Crippen molar-refractivity contribution >= 4 is 11.6 Å². The lowest BCUT2D eigenvalue weighted by Crippen LogP contribution is -1.99. The molecular formula is C15H13ClF2O2. The Morgan fingerprint density at radius 1 is 1.15 bits per heavy atom. The Balaban J connectivity index is 2.07. The molecule has 0 aromatic heterocycles. The molecule has 0 fully saturated rings. The van der Waals surface area contributed by atoms with Gasteiger partial charge in [-0.25, -0.2) is 8.78 Å². The van der Waals surface area contributed by atoms with Crippen LogP contribution in [-0.4, -0.2) is 5.11 Å². The Morgan fingerprint density at radius 3 is 2.50 bits per heavy atom. The third kappa shape index (κ3) is 3.46. The van der Waals surface area contributed by atoms with Gasteiger partial charge in [0.2, 0.25) is 0 Å². The van der Waals surface area contributed by atoms with Crippen molar-refractivity contribution in [2.45, 2.75) is 19.6 Å². The summed E-state index contributed by atoms with van der Waals surface area (Å²) in [6.45, 7) is 1.58. The SMILES string of the molecule is CC(O)c1ccc(OCc2ccc(Cl)c(F)c2)cc1F. The van der Waals surface area contributed by atoms with E-state index in [2.05, 4.69) is 0 Å². The molecular weight excluding hydrogens is 286 g/mol. The van der Waals surface area contributed by atoms with Gasteiger partial charge >= 0.3 is 0 Å². The summed E-state index contributed by atoms with van der Waals surface area (Å²) in [5, 5.41) is 9.37. The van der Waals surface area contributed by atoms with E-state index in [9.17, 15) is 13.9 Å². The Morgan fingerprint density at radius 2 is 1.90 bits per heavy atom. The molecule has 0 aliphatic heterocycles. The van der Waals surface area contributed by atoms with Gasteiger partial charge in [-0.1, -0.05) is 17.7 Å². The van der Waals surface area contributed by atoms with Crippen LogP contribution in [0.4, 0.5) is 8.78 Å². The van der Waals surface area contributed by atoms with Gasteiger partial charge in [-0.15, -0.1) is 0 Å². The predicted octanol–water partition coefficient (Wildman–Crippen LogP) is 4.25. The lowest BCUT2D eigenvalue weighted by atomic mass is 10.1. The van der Waals surface area contributed by atoms with E-state index in [4.69, 9.17) is 16.3 Å². The lowest BCUT2D eigenvalue weighted by Gasteiger charge is -2.10. The van der Waals surface area contributed by atoms with Crippen molar-refractivity contribution in [2.75, 3.05) is 0 Å². The number of halogens is 3. The fraction of sp³-hybridized carbons (Fsp3) is 0.200. The van der Waals surface area contributed by atoms with E-state index in [1.165, 1.54) is 31.2 Å². The van der Waals surface area contributed by atoms with Crippen LogP contribution in [0.15, 0.2) is 36.4 Å². The van der Waals surface area contributed by atoms with E-state index >= 15 is 0 Å². The van der Waals surface area contributed by atoms with Crippen LogP contribution in [-0.2, 0) is 6.61 Å². The van der Waals surface area contributed by atoms with Gasteiger partial charge < -0.3 is 9.84 Å². The normalized spacial score (nSPS) is 12.2. The van der Waals surface area contributed by atoms with Crippen LogP contribution in [0.1, 0.15) is 24.2 Å². The molecule has 0 aliphatic carbocycles. The van der Waals surface area contributed by atoms with Gasteiger partial charge in [0.1, 0.15) is 24.0 Å². The van der Waals surface area contributed by atoms with Crippen LogP contribution < -0.4 is 4.74 Å². The molecule has 2 aromatic rings. The van der Waals surface area contributed by atoms with Gasteiger partial charge in [-0.2, -0.15) is 0 Å². The van der Waals surface area contributed by atoms with Crippen molar-refractivity contribution in [1.82, 2.24) is 0 Å². The molecule has 0 saturated heterocycles. The van der Waals surface area contributed by atoms with E-state index < -0.39 is 17.7 Å². The number of hydrogen-bond acceptors (Lipinski definition) is 2. The average Bonchev–Trinajstić information content (AvgIpc) is 2.40. The first-order valence-corrected chi connectivity index (χ1v) is 6.39. The molecule has 2 aromatic carbocycles. The van der Waals surface area contributed by atoms with E-state index in [0.29, 0.717) is 11.3 Å². The summed E-state index contributed by atoms with van der Waals surface area (Å²) >= 11 is 5.58. The van der Waals surface area contributed by atoms with Crippen molar-refractivity contribution in [3.05, 3.63) is 64.2 Å². The first-order chi connectivity index (χ1) is 9.47. The number of hydrogen-bond donors (Lipinski definition) is 1. The van der Waals surface area contributed by atoms with E-state index in [0.717, 1.165) is 0 Å². The molecule has 0 bridgehead atoms. The molecule has 0 aliphatic rings. The summed E-state index contributed by atoms with van der Waals surface area (Å²) in [6.07, 6.45) is -0.880. The highest BCUT2D eigenvalue weighted by Crippen LogP contribution is 2.23. The first-order valence-electron chi connectivity index (χ1n) is 6.01. The number of aliphatic hydroxyl groups is 1. The highest BCUT2D eigenvalue weighted by Gasteiger charge is 2.09. The van der Waals surface area contributed by atoms with Gasteiger partial charge in [0, 0.05) is 11.6 Å². The molecule has 0 radical (unpaired) electrons. The molecule has 0 heterocycles. The van der Waals surface area contributed by atoms with Gasteiger partial charge in [0.25, 0.3) is 0 Å². The standard InChI is InChI=1S/C15H13ClF2O2/c1-9(19)12-4-3-11(7-14(12)17)20-8-10-2-5-13(16)15(18)6-10/h2-7,9,19H,8H2,1H3. The summed E-state index contributed by atoms with van der Waals surface area (Å²) in [5.74, 6) is -0.759. The maximum Gasteiger partial charge on any atom is 0.142 e. The van der Waals surface area contributed by atoms with Crippen LogP contribution in [0, 0.1) is 11.6 Å². The van der Waals surface area contributed by atoms with E-state index in [-0.39, 0.29) is 17.2 Å². The molecule has 0 saturated carbocycles. The number of ether oxygens (including phenoxy) is 1. The van der Waals surface area contributed by atoms with Crippen molar-refractivity contribution in [1.29, 1.82) is 0 Å². The molecule has 0 amide bonds. The van der Waals surface area contributed by atoms with E-state index in [1.807, 2.05) is 0 Å². The third-order valence-corrected chi connectivity index (χ3v) is 3.12. The van der Waals surface area contributed by atoms with Crippen molar-refractivity contribution in [3.63, 3.8) is 0 Å². The summed E-state index contributed by atoms with van der Waals surface area (Å²) in [4.78, 5) is 0. The predicted molar refractivity (Wildman–Crippen MR) is 72.8 cm³/mol. The van der Waals surface area contributed by atoms with Gasteiger partial charge in [0.05, 0.1) is 11.1 Å². The molecule has 1 N–H and O–H groups in total. The van der Waals surface area contributed by atoms with Crippen LogP contribution in [0.3, 0.4) is 0 Å². The summed E-state index contributed by atoms with van der Waals surface area (Å²) in [6, 6.07) is 8.53. The zero-order valence-corrected chi connectivity index (χ0v) is 11.5. The minimum absolute atomic E-state index is 0.0427. The maximum absolute atomic E-state index is 13.6. The Labute approximate surface area is 120 Å². The summed E-state index contributed by atoms with van der Waals surface area (Å²) in [7, 11) is 0. The monoisotopic (exact) mass is 298 g/mol. The van der Waals surface area contributed by atoms with Crippen molar-refractivity contribution in [3.8, 4) is 5.75 Å². The lowest BCUT2D eigenvalue weighted by molar-refractivity contribution is 0.194. The van der Waals surface area contributed by atoms with Crippen LogP contribution in [0.5, 0.6) is 5.75 Å². The highest BCUT2D eigenvalue weighted by atomic mass is 35.5. The minimum Gasteiger partial charge on any atom is -0.489 e. The molecule has 2 rings (SSSR count). The minimum atomic E-state index is -0.880. The van der Waals surface area contributed by atoms with Gasteiger partial charge in [0.15, 0.2) is 0 Å². The number of aliphatic hydroxyl groups excluding tert-OH is 1. The molecule has 106 valence electrons. The van der Waals surface area contributed by atoms with Crippen molar-refractivity contribution in [2.24, 2.45) is 0 Å². The zero-order chi connectivity index (χ0) is 14.7. The third-order valence-electron chi connectivity index (χ3n) is 2.81. The van der Waals surface area contributed by atoms with Crippen molar-refractivity contribution < 1.29 is 18.6 Å². The van der Waals surface area contributed by atoms with E-state index in [1.54, 1.807) is 12.1 Å². The molecule has 20 heavy (non-hydrogen) atoms. The number of rotatable bonds is 4. The second-order valence-corrected chi connectivity index (χ2v) is 4.80. The van der Waals surface area contributed by atoms with Crippen LogP contribution in [0.2, 0.25) is 5.02 Å². The highest BCUT2D eigenvalue weighted by molar-refractivity contribution is 6.30. The number of benzene rings is 2. The second-order valence-electron chi connectivity index (χ2n) is 4.40. The topological polar surface area (TPSA) is 29.5 Å². The fourth-order valence-corrected chi connectivity index (χ4v) is 1.85. The average molecular weight is 299 g/mol. The van der Waals surface area contributed by atoms with Gasteiger partial charge in [-0.3, -0.25) is 0 Å². The smallest absolute Gasteiger partial charge is 0.142 e. The molecule has 1 atom stereocenters. The second kappa shape index (κ2) is 6.20. The Bertz CT molecular complexity index is 615. The molecule has 1 unspecified atom stereocenters. The fourth-order valence-electron chi connectivity index (χ4n) is 1.73. The largest absolute Gasteiger partial charge is 0.489 e. The quantitative estimate of drug-likeness (QED) is 0.914. The Hall–Kier alpha value is -1.65. The molecule has 0 spiro atoms. The summed E-state index contributed by atoms with van der Waals surface area (Å²) in [5.41, 5.74) is 0.793.